The number of nitriles is 1. The molecule has 1 amide bonds. The molecule has 1 aromatic heterocycles. The third-order valence-corrected chi connectivity index (χ3v) is 5.59. The number of anilines is 1. The van der Waals surface area contributed by atoms with E-state index in [1.165, 1.54) is 5.56 Å². The van der Waals surface area contributed by atoms with E-state index in [-0.39, 0.29) is 18.1 Å². The van der Waals surface area contributed by atoms with Gasteiger partial charge in [-0.2, -0.15) is 5.26 Å². The molecule has 0 aliphatic carbocycles. The maximum absolute atomic E-state index is 12.6. The van der Waals surface area contributed by atoms with Crippen LogP contribution < -0.4 is 10.6 Å². The lowest BCUT2D eigenvalue weighted by atomic mass is 10.1. The molecule has 0 spiro atoms. The number of nitrogens with one attached hydrogen (secondary N) is 1. The van der Waals surface area contributed by atoms with Gasteiger partial charge in [0.1, 0.15) is 17.9 Å². The quantitative estimate of drug-likeness (QED) is 0.773. The fraction of sp³-hybridized carbons (Fsp3) is 0.455. The third kappa shape index (κ3) is 4.44. The fourth-order valence-corrected chi connectivity index (χ4v) is 3.71. The van der Waals surface area contributed by atoms with Gasteiger partial charge in [0.05, 0.1) is 18.2 Å². The van der Waals surface area contributed by atoms with E-state index >= 15 is 0 Å². The van der Waals surface area contributed by atoms with Crippen LogP contribution in [0.3, 0.4) is 0 Å². The Morgan fingerprint density at radius 2 is 2.14 bits per heavy atom. The Labute approximate surface area is 166 Å². The molecule has 1 aromatic carbocycles. The summed E-state index contributed by atoms with van der Waals surface area (Å²) in [5.74, 6) is 0.490. The van der Waals surface area contributed by atoms with E-state index in [1.54, 1.807) is 0 Å². The number of ether oxygens (including phenoxy) is 1. The minimum Gasteiger partial charge on any atom is -0.376 e. The van der Waals surface area contributed by atoms with Gasteiger partial charge in [0.2, 0.25) is 0 Å². The molecule has 0 unspecified atom stereocenters. The zero-order chi connectivity index (χ0) is 20.1. The lowest BCUT2D eigenvalue weighted by molar-refractivity contribution is -0.682. The van der Waals surface area contributed by atoms with E-state index in [4.69, 9.17) is 4.74 Å². The van der Waals surface area contributed by atoms with E-state index in [2.05, 4.69) is 30.4 Å². The van der Waals surface area contributed by atoms with Crippen LogP contribution in [-0.2, 0) is 16.1 Å². The summed E-state index contributed by atoms with van der Waals surface area (Å²) in [6.07, 6.45) is 2.20. The Morgan fingerprint density at radius 1 is 1.39 bits per heavy atom. The fourth-order valence-electron chi connectivity index (χ4n) is 3.71. The maximum Gasteiger partial charge on any atom is 0.280 e. The molecule has 3 N–H and O–H groups in total. The Morgan fingerprint density at radius 3 is 2.79 bits per heavy atom. The summed E-state index contributed by atoms with van der Waals surface area (Å²) in [6.45, 7) is 7.74. The summed E-state index contributed by atoms with van der Waals surface area (Å²) >= 11 is 0. The molecule has 2 atom stereocenters. The van der Waals surface area contributed by atoms with Crippen LogP contribution in [0.2, 0.25) is 0 Å². The predicted octanol–water partition coefficient (Wildman–Crippen LogP) is 2.42. The average Bonchev–Trinajstić information content (AvgIpc) is 3.30. The van der Waals surface area contributed by atoms with Gasteiger partial charge in [0.25, 0.3) is 5.91 Å². The maximum atomic E-state index is 12.6. The monoisotopic (exact) mass is 381 g/mol. The molecule has 0 saturated carbocycles. The first-order valence-electron chi connectivity index (χ1n) is 9.90. The van der Waals surface area contributed by atoms with E-state index in [0.29, 0.717) is 24.5 Å². The highest BCUT2D eigenvalue weighted by molar-refractivity contribution is 5.92. The standard InChI is InChI=1S/C22H28N4O2/c1-15-17(3)26(14-19-10-7-11-28-19)22(20(15)12-23)25-21(27)13-24-16(2)18-8-5-4-6-9-18/h4-6,8-9,16,19,24H,7,10-11,13-14H2,1-3H3,(H,25,27)/p+1/t16-,19-/m1/s1. The van der Waals surface area contributed by atoms with Crippen LogP contribution in [0, 0.1) is 25.2 Å². The first-order chi connectivity index (χ1) is 13.5. The molecule has 0 bridgehead atoms. The molecule has 1 saturated heterocycles. The average molecular weight is 382 g/mol. The Kier molecular flexibility index (Phi) is 6.50. The molecule has 28 heavy (non-hydrogen) atoms. The summed E-state index contributed by atoms with van der Waals surface area (Å²) in [7, 11) is 0. The SMILES string of the molecule is Cc1c(C#N)c(NC(=O)C[NH2+][C@H](C)c2ccccc2)n(C[C@H]2CCCO2)c1C. The Balaban J connectivity index is 1.70. The summed E-state index contributed by atoms with van der Waals surface area (Å²) < 4.78 is 7.79. The second-order valence-electron chi connectivity index (χ2n) is 7.48. The number of benzene rings is 1. The molecule has 0 radical (unpaired) electrons. The second-order valence-corrected chi connectivity index (χ2v) is 7.48. The van der Waals surface area contributed by atoms with Gasteiger partial charge in [0, 0.05) is 17.9 Å². The number of amides is 1. The van der Waals surface area contributed by atoms with Crippen LogP contribution in [0.5, 0.6) is 0 Å². The van der Waals surface area contributed by atoms with Crippen molar-refractivity contribution in [2.24, 2.45) is 0 Å². The lowest BCUT2D eigenvalue weighted by Gasteiger charge is -2.17. The van der Waals surface area contributed by atoms with Gasteiger partial charge in [-0.25, -0.2) is 0 Å². The minimum absolute atomic E-state index is 0.106. The van der Waals surface area contributed by atoms with Gasteiger partial charge in [-0.1, -0.05) is 30.3 Å². The summed E-state index contributed by atoms with van der Waals surface area (Å²) in [5.41, 5.74) is 3.64. The van der Waals surface area contributed by atoms with Crippen molar-refractivity contribution in [3.05, 3.63) is 52.7 Å². The topological polar surface area (TPSA) is 83.7 Å². The van der Waals surface area contributed by atoms with Crippen molar-refractivity contribution < 1.29 is 14.8 Å². The summed E-state index contributed by atoms with van der Waals surface area (Å²) in [4.78, 5) is 12.6. The molecular weight excluding hydrogens is 352 g/mol. The van der Waals surface area contributed by atoms with Gasteiger partial charge in [0.15, 0.2) is 6.54 Å². The van der Waals surface area contributed by atoms with Gasteiger partial charge in [-0.05, 0) is 39.2 Å². The smallest absolute Gasteiger partial charge is 0.280 e. The molecule has 6 nitrogen and oxygen atoms in total. The van der Waals surface area contributed by atoms with Gasteiger partial charge in [-0.15, -0.1) is 0 Å². The second kappa shape index (κ2) is 9.05. The number of nitrogens with zero attached hydrogens (tertiary/aromatic N) is 2. The van der Waals surface area contributed by atoms with Crippen LogP contribution in [0.1, 0.15) is 48.2 Å². The normalized spacial score (nSPS) is 17.3. The highest BCUT2D eigenvalue weighted by Gasteiger charge is 2.24. The predicted molar refractivity (Wildman–Crippen MR) is 108 cm³/mol. The molecule has 3 rings (SSSR count). The van der Waals surface area contributed by atoms with E-state index in [1.807, 2.05) is 41.9 Å². The zero-order valence-electron chi connectivity index (χ0n) is 16.9. The number of hydrogen-bond acceptors (Lipinski definition) is 3. The van der Waals surface area contributed by atoms with E-state index in [9.17, 15) is 10.1 Å². The van der Waals surface area contributed by atoms with Crippen LogP contribution in [-0.4, -0.2) is 29.7 Å². The molecule has 148 valence electrons. The number of carbonyl (C=O) groups excluding carboxylic acids is 1. The molecule has 1 aliphatic rings. The number of aromatic nitrogens is 1. The van der Waals surface area contributed by atoms with Crippen LogP contribution in [0.25, 0.3) is 0 Å². The van der Waals surface area contributed by atoms with Crippen molar-refractivity contribution >= 4 is 11.7 Å². The van der Waals surface area contributed by atoms with Gasteiger partial charge >= 0.3 is 0 Å². The third-order valence-electron chi connectivity index (χ3n) is 5.59. The number of quaternary nitrogens is 1. The van der Waals surface area contributed by atoms with Crippen LogP contribution >= 0.6 is 0 Å². The van der Waals surface area contributed by atoms with Crippen molar-refractivity contribution in [2.75, 3.05) is 18.5 Å². The first-order valence-corrected chi connectivity index (χ1v) is 9.90. The van der Waals surface area contributed by atoms with Crippen molar-refractivity contribution in [1.82, 2.24) is 4.57 Å². The molecule has 1 aliphatic heterocycles. The Hall–Kier alpha value is -2.62. The zero-order valence-corrected chi connectivity index (χ0v) is 16.9. The first kappa shape index (κ1) is 20.1. The van der Waals surface area contributed by atoms with Gasteiger partial charge < -0.3 is 19.9 Å². The molecular formula is C22H29N4O2+. The minimum atomic E-state index is -0.106. The van der Waals surface area contributed by atoms with Crippen molar-refractivity contribution in [3.8, 4) is 6.07 Å². The molecule has 6 heteroatoms. The largest absolute Gasteiger partial charge is 0.376 e. The number of rotatable bonds is 7. The number of carbonyl (C=O) groups is 1. The molecule has 1 fully saturated rings. The Bertz CT molecular complexity index is 861. The lowest BCUT2D eigenvalue weighted by Crippen LogP contribution is -2.86. The highest BCUT2D eigenvalue weighted by atomic mass is 16.5. The van der Waals surface area contributed by atoms with E-state index in [0.717, 1.165) is 30.7 Å². The van der Waals surface area contributed by atoms with Crippen LogP contribution in [0.4, 0.5) is 5.82 Å². The van der Waals surface area contributed by atoms with Gasteiger partial charge in [-0.3, -0.25) is 4.79 Å². The van der Waals surface area contributed by atoms with Crippen molar-refractivity contribution in [3.63, 3.8) is 0 Å². The van der Waals surface area contributed by atoms with Crippen molar-refractivity contribution in [2.45, 2.75) is 52.3 Å². The summed E-state index contributed by atoms with van der Waals surface area (Å²) in [5, 5.41) is 14.6. The molecule has 2 heterocycles. The number of nitrogens with two attached hydrogens (primary N) is 1. The summed E-state index contributed by atoms with van der Waals surface area (Å²) in [6, 6.07) is 12.6. The van der Waals surface area contributed by atoms with E-state index < -0.39 is 0 Å². The molecule has 2 aromatic rings. The highest BCUT2D eigenvalue weighted by Crippen LogP contribution is 2.28. The number of hydrogen-bond donors (Lipinski definition) is 2. The van der Waals surface area contributed by atoms with Crippen LogP contribution in [0.15, 0.2) is 30.3 Å². The van der Waals surface area contributed by atoms with Crippen molar-refractivity contribution in [1.29, 1.82) is 5.26 Å².